The Bertz CT molecular complexity index is 1240. The van der Waals surface area contributed by atoms with E-state index in [0.717, 1.165) is 11.1 Å². The first-order valence-corrected chi connectivity index (χ1v) is 12.5. The summed E-state index contributed by atoms with van der Waals surface area (Å²) in [6, 6.07) is 3.82. The number of rotatable bonds is 5. The Morgan fingerprint density at radius 1 is 1.05 bits per heavy atom. The third kappa shape index (κ3) is 3.66. The van der Waals surface area contributed by atoms with E-state index in [1.165, 1.54) is 0 Å². The number of methoxy groups -OCH3 is 3. The highest BCUT2D eigenvalue weighted by molar-refractivity contribution is 5.91. The van der Waals surface area contributed by atoms with Crippen molar-refractivity contribution >= 4 is 5.97 Å². The van der Waals surface area contributed by atoms with E-state index in [9.17, 15) is 9.90 Å². The summed E-state index contributed by atoms with van der Waals surface area (Å²) in [5.74, 6) is 1.45. The van der Waals surface area contributed by atoms with Crippen molar-refractivity contribution < 1.29 is 43.1 Å². The van der Waals surface area contributed by atoms with Gasteiger partial charge in [0.15, 0.2) is 23.0 Å². The molecule has 0 spiro atoms. The van der Waals surface area contributed by atoms with Crippen LogP contribution in [0.2, 0.25) is 0 Å². The number of aliphatic hydroxyl groups excluding tert-OH is 1. The fourth-order valence-electron chi connectivity index (χ4n) is 5.50. The molecule has 37 heavy (non-hydrogen) atoms. The van der Waals surface area contributed by atoms with Crippen molar-refractivity contribution in [3.05, 3.63) is 23.3 Å². The van der Waals surface area contributed by atoms with Crippen molar-refractivity contribution in [1.29, 1.82) is 0 Å². The molecule has 9 nitrogen and oxygen atoms in total. The zero-order valence-corrected chi connectivity index (χ0v) is 22.3. The molecule has 2 aromatic rings. The van der Waals surface area contributed by atoms with Crippen LogP contribution in [0, 0.1) is 17.8 Å². The monoisotopic (exact) mass is 514 g/mol. The Labute approximate surface area is 216 Å². The van der Waals surface area contributed by atoms with Crippen molar-refractivity contribution in [2.75, 3.05) is 34.7 Å². The Balaban J connectivity index is 1.98. The van der Waals surface area contributed by atoms with E-state index in [1.54, 1.807) is 35.2 Å². The number of hydrogen-bond donors (Lipinski definition) is 1. The highest BCUT2D eigenvalue weighted by Gasteiger charge is 2.50. The van der Waals surface area contributed by atoms with Crippen LogP contribution in [0.5, 0.6) is 34.5 Å². The molecule has 1 N–H and O–H groups in total. The van der Waals surface area contributed by atoms with Gasteiger partial charge in [-0.25, -0.2) is 4.79 Å². The molecular formula is C28H34O9. The Hall–Kier alpha value is -3.33. The first kappa shape index (κ1) is 25.3. The van der Waals surface area contributed by atoms with Crippen LogP contribution in [0.15, 0.2) is 12.1 Å². The van der Waals surface area contributed by atoms with Gasteiger partial charge in [0.25, 0.3) is 0 Å². The largest absolute Gasteiger partial charge is 0.493 e. The molecule has 0 saturated heterocycles. The summed E-state index contributed by atoms with van der Waals surface area (Å²) < 4.78 is 42.0. The van der Waals surface area contributed by atoms with Crippen molar-refractivity contribution in [3.8, 4) is 45.6 Å². The van der Waals surface area contributed by atoms with Crippen LogP contribution in [0.4, 0.5) is 0 Å². The van der Waals surface area contributed by atoms with Gasteiger partial charge in [0.2, 0.25) is 23.9 Å². The molecule has 2 bridgehead atoms. The smallest absolute Gasteiger partial charge is 0.351 e. The number of ether oxygens (including phenoxy) is 7. The molecule has 0 unspecified atom stereocenters. The molecular weight excluding hydrogens is 480 g/mol. The lowest BCUT2D eigenvalue weighted by atomic mass is 9.76. The number of aliphatic hydroxyl groups is 1. The predicted octanol–water partition coefficient (Wildman–Crippen LogP) is 4.30. The number of carbonyl (C=O) groups is 1. The number of esters is 1. The van der Waals surface area contributed by atoms with E-state index in [4.69, 9.17) is 33.2 Å². The highest BCUT2D eigenvalue weighted by Crippen LogP contribution is 2.60. The van der Waals surface area contributed by atoms with Crippen LogP contribution in [-0.2, 0) is 16.0 Å². The SMILES string of the molecule is COc1cc2c(c(OC)c1OC)-c1c3cc4c(c1O[C@](C)([C@H](C)CO)C(=O)O[C@@H]2[C@@H](C)[C@@H](C)C3)OCO4. The molecule has 2 heterocycles. The fraction of sp³-hybridized carbons (Fsp3) is 0.536. The van der Waals surface area contributed by atoms with Crippen LogP contribution in [0.3, 0.4) is 0 Å². The topological polar surface area (TPSA) is 102 Å². The second-order valence-corrected chi connectivity index (χ2v) is 10.2. The van der Waals surface area contributed by atoms with Gasteiger partial charge >= 0.3 is 5.97 Å². The van der Waals surface area contributed by atoms with Crippen LogP contribution in [-0.4, -0.2) is 51.4 Å². The third-order valence-corrected chi connectivity index (χ3v) is 8.20. The summed E-state index contributed by atoms with van der Waals surface area (Å²) in [6.45, 7) is 7.34. The number of carbonyl (C=O) groups excluding carboxylic acids is 1. The molecule has 0 saturated carbocycles. The van der Waals surface area contributed by atoms with E-state index < -0.39 is 23.6 Å². The maximum absolute atomic E-state index is 13.9. The molecule has 200 valence electrons. The van der Waals surface area contributed by atoms with Gasteiger partial charge in [-0.3, -0.25) is 0 Å². The lowest BCUT2D eigenvalue weighted by Crippen LogP contribution is -2.50. The van der Waals surface area contributed by atoms with E-state index in [-0.39, 0.29) is 25.2 Å². The van der Waals surface area contributed by atoms with Gasteiger partial charge in [-0.2, -0.15) is 0 Å². The van der Waals surface area contributed by atoms with Crippen molar-refractivity contribution in [2.24, 2.45) is 17.8 Å². The highest BCUT2D eigenvalue weighted by atomic mass is 16.7. The summed E-state index contributed by atoms with van der Waals surface area (Å²) in [5, 5.41) is 10.1. The van der Waals surface area contributed by atoms with Gasteiger partial charge in [0.1, 0.15) is 6.10 Å². The van der Waals surface area contributed by atoms with E-state index in [0.29, 0.717) is 52.0 Å². The van der Waals surface area contributed by atoms with Gasteiger partial charge in [0.05, 0.1) is 27.9 Å². The Morgan fingerprint density at radius 2 is 1.78 bits per heavy atom. The summed E-state index contributed by atoms with van der Waals surface area (Å²) in [6.07, 6.45) is 0.0189. The number of hydrogen-bond acceptors (Lipinski definition) is 9. The molecule has 3 aliphatic rings. The van der Waals surface area contributed by atoms with Crippen molar-refractivity contribution in [2.45, 2.75) is 45.8 Å². The van der Waals surface area contributed by atoms with Gasteiger partial charge in [-0.1, -0.05) is 20.8 Å². The Morgan fingerprint density at radius 3 is 2.43 bits per heavy atom. The van der Waals surface area contributed by atoms with Crippen molar-refractivity contribution in [3.63, 3.8) is 0 Å². The van der Waals surface area contributed by atoms with Crippen LogP contribution >= 0.6 is 0 Å². The summed E-state index contributed by atoms with van der Waals surface area (Å²) in [4.78, 5) is 13.9. The molecule has 0 radical (unpaired) electrons. The lowest BCUT2D eigenvalue weighted by Gasteiger charge is -2.35. The first-order chi connectivity index (χ1) is 17.7. The molecule has 5 atom stereocenters. The maximum atomic E-state index is 13.9. The van der Waals surface area contributed by atoms with Gasteiger partial charge < -0.3 is 38.3 Å². The standard InChI is InChI=1S/C28H34O9/c1-13-8-16-9-19-24(35-12-34-19)26-20(16)21-17(10-18(31-5)23(32-6)25(21)33-7)22(15(13)3)36-27(30)28(4,37-26)14(2)11-29/h9-10,13-15,22,29H,8,11-12H2,1-7H3/t13-,14+,15-,22+,28+/m0/s1. The number of fused-ring (bicyclic) bond motifs is 2. The third-order valence-electron chi connectivity index (χ3n) is 8.20. The first-order valence-electron chi connectivity index (χ1n) is 12.5. The van der Waals surface area contributed by atoms with Gasteiger partial charge in [-0.15, -0.1) is 0 Å². The molecule has 9 heteroatoms. The zero-order valence-electron chi connectivity index (χ0n) is 22.3. The predicted molar refractivity (Wildman–Crippen MR) is 134 cm³/mol. The summed E-state index contributed by atoms with van der Waals surface area (Å²) in [7, 11) is 4.67. The number of benzene rings is 2. The van der Waals surface area contributed by atoms with Crippen LogP contribution in [0.1, 0.15) is 44.9 Å². The molecule has 1 aliphatic carbocycles. The lowest BCUT2D eigenvalue weighted by molar-refractivity contribution is -0.176. The van der Waals surface area contributed by atoms with Crippen molar-refractivity contribution in [1.82, 2.24) is 0 Å². The minimum absolute atomic E-state index is 0.0236. The minimum Gasteiger partial charge on any atom is -0.493 e. The zero-order chi connectivity index (χ0) is 26.6. The average Bonchev–Trinajstić information content (AvgIpc) is 3.37. The molecule has 2 aliphatic heterocycles. The Kier molecular flexibility index (Phi) is 6.30. The fourth-order valence-corrected chi connectivity index (χ4v) is 5.50. The molecule has 0 aromatic heterocycles. The van der Waals surface area contributed by atoms with Crippen LogP contribution in [0.25, 0.3) is 11.1 Å². The molecule has 0 fully saturated rings. The van der Waals surface area contributed by atoms with E-state index in [1.807, 2.05) is 12.1 Å². The second-order valence-electron chi connectivity index (χ2n) is 10.2. The van der Waals surface area contributed by atoms with E-state index in [2.05, 4.69) is 13.8 Å². The minimum atomic E-state index is -1.52. The maximum Gasteiger partial charge on any atom is 0.351 e. The van der Waals surface area contributed by atoms with Crippen LogP contribution < -0.4 is 28.4 Å². The summed E-state index contributed by atoms with van der Waals surface area (Å²) >= 11 is 0. The summed E-state index contributed by atoms with van der Waals surface area (Å²) in [5.41, 5.74) is 1.55. The second kappa shape index (κ2) is 9.20. The van der Waals surface area contributed by atoms with E-state index >= 15 is 0 Å². The molecule has 5 rings (SSSR count). The molecule has 2 aromatic carbocycles. The quantitative estimate of drug-likeness (QED) is 0.585. The molecule has 0 amide bonds. The average molecular weight is 515 g/mol. The normalized spacial score (nSPS) is 26.4. The van der Waals surface area contributed by atoms with Gasteiger partial charge in [0, 0.05) is 28.5 Å². The van der Waals surface area contributed by atoms with Gasteiger partial charge in [-0.05, 0) is 37.0 Å².